The number of hydrogen-bond donors (Lipinski definition) is 3. The fourth-order valence-corrected chi connectivity index (χ4v) is 2.55. The molecule has 0 radical (unpaired) electrons. The first-order chi connectivity index (χ1) is 9.32. The summed E-state index contributed by atoms with van der Waals surface area (Å²) in [4.78, 5) is 14.7. The molecule has 4 nitrogen and oxygen atoms in total. The molecule has 1 aromatic carbocycles. The van der Waals surface area contributed by atoms with Gasteiger partial charge in [-0.15, -0.1) is 0 Å². The van der Waals surface area contributed by atoms with Gasteiger partial charge in [-0.1, -0.05) is 18.2 Å². The molecule has 3 rings (SSSR count). The van der Waals surface area contributed by atoms with E-state index in [4.69, 9.17) is 0 Å². The molecule has 106 valence electrons. The molecular formula is C13H11F3N2O2. The summed E-state index contributed by atoms with van der Waals surface area (Å²) in [6.07, 6.45) is -4.11. The third-order valence-electron chi connectivity index (χ3n) is 3.61. The van der Waals surface area contributed by atoms with Crippen LogP contribution >= 0.6 is 0 Å². The quantitative estimate of drug-likeness (QED) is 0.750. The number of carbonyl (C=O) groups excluding carboxylic acids is 1. The van der Waals surface area contributed by atoms with Gasteiger partial charge >= 0.3 is 6.18 Å². The minimum atomic E-state index is -4.90. The zero-order valence-corrected chi connectivity index (χ0v) is 10.2. The number of alkyl halides is 3. The van der Waals surface area contributed by atoms with Crippen LogP contribution in [-0.4, -0.2) is 27.9 Å². The van der Waals surface area contributed by atoms with Crippen molar-refractivity contribution in [3.05, 3.63) is 36.0 Å². The lowest BCUT2D eigenvalue weighted by atomic mass is 9.94. The van der Waals surface area contributed by atoms with Gasteiger partial charge in [-0.3, -0.25) is 4.79 Å². The first-order valence-corrected chi connectivity index (χ1v) is 5.99. The lowest BCUT2D eigenvalue weighted by molar-refractivity contribution is -0.266. The van der Waals surface area contributed by atoms with E-state index in [1.54, 1.807) is 29.6 Å². The van der Waals surface area contributed by atoms with Crippen LogP contribution in [0.15, 0.2) is 30.5 Å². The van der Waals surface area contributed by atoms with Gasteiger partial charge in [0.05, 0.1) is 5.92 Å². The van der Waals surface area contributed by atoms with Gasteiger partial charge in [0, 0.05) is 23.5 Å². The Balaban J connectivity index is 2.02. The minimum absolute atomic E-state index is 0.457. The molecule has 1 aliphatic rings. The SMILES string of the molecule is O=C1N[C@@](O)(C(F)(F)F)C[C@@H]1c1c[nH]c2ccccc12. The topological polar surface area (TPSA) is 65.1 Å². The lowest BCUT2D eigenvalue weighted by Gasteiger charge is -2.25. The van der Waals surface area contributed by atoms with Crippen LogP contribution in [0.25, 0.3) is 10.9 Å². The fraction of sp³-hybridized carbons (Fsp3) is 0.308. The molecule has 3 N–H and O–H groups in total. The highest BCUT2D eigenvalue weighted by Crippen LogP contribution is 2.42. The second-order valence-electron chi connectivity index (χ2n) is 4.89. The Hall–Kier alpha value is -2.02. The summed E-state index contributed by atoms with van der Waals surface area (Å²) in [5.41, 5.74) is -1.97. The van der Waals surface area contributed by atoms with Crippen LogP contribution < -0.4 is 5.32 Å². The van der Waals surface area contributed by atoms with E-state index in [9.17, 15) is 23.1 Å². The van der Waals surface area contributed by atoms with Crippen molar-refractivity contribution in [2.45, 2.75) is 24.2 Å². The number of aromatic amines is 1. The number of hydrogen-bond acceptors (Lipinski definition) is 2. The largest absolute Gasteiger partial charge is 0.436 e. The summed E-state index contributed by atoms with van der Waals surface area (Å²) in [6, 6.07) is 7.01. The molecule has 0 unspecified atom stereocenters. The number of para-hydroxylation sites is 1. The highest BCUT2D eigenvalue weighted by molar-refractivity contribution is 5.93. The molecule has 2 heterocycles. The van der Waals surface area contributed by atoms with E-state index in [0.717, 1.165) is 5.52 Å². The summed E-state index contributed by atoms with van der Waals surface area (Å²) >= 11 is 0. The van der Waals surface area contributed by atoms with E-state index in [2.05, 4.69) is 4.98 Å². The Morgan fingerprint density at radius 2 is 2.00 bits per heavy atom. The highest BCUT2D eigenvalue weighted by Gasteiger charge is 2.61. The first kappa shape index (κ1) is 13.0. The number of nitrogens with one attached hydrogen (secondary N) is 2. The number of halogens is 3. The number of rotatable bonds is 1. The van der Waals surface area contributed by atoms with E-state index in [1.165, 1.54) is 6.20 Å². The predicted octanol–water partition coefficient (Wildman–Crippen LogP) is 2.02. The molecule has 0 bridgehead atoms. The molecule has 0 saturated carbocycles. The van der Waals surface area contributed by atoms with Crippen molar-refractivity contribution >= 4 is 16.8 Å². The van der Waals surface area contributed by atoms with Crippen molar-refractivity contribution in [3.63, 3.8) is 0 Å². The maximum atomic E-state index is 12.8. The Bertz CT molecular complexity index is 680. The lowest BCUT2D eigenvalue weighted by Crippen LogP contribution is -2.53. The number of aromatic nitrogens is 1. The molecule has 1 aliphatic heterocycles. The molecule has 7 heteroatoms. The van der Waals surface area contributed by atoms with Crippen LogP contribution in [0.1, 0.15) is 17.9 Å². The molecule has 1 saturated heterocycles. The van der Waals surface area contributed by atoms with Crippen molar-refractivity contribution in [2.24, 2.45) is 0 Å². The van der Waals surface area contributed by atoms with Crippen molar-refractivity contribution in [1.82, 2.24) is 10.3 Å². The number of fused-ring (bicyclic) bond motifs is 1. The number of amides is 1. The first-order valence-electron chi connectivity index (χ1n) is 5.99. The van der Waals surface area contributed by atoms with Gasteiger partial charge in [-0.2, -0.15) is 13.2 Å². The summed E-state index contributed by atoms with van der Waals surface area (Å²) in [6.45, 7) is 0. The molecular weight excluding hydrogens is 273 g/mol. The van der Waals surface area contributed by atoms with Crippen LogP contribution in [0, 0.1) is 0 Å². The van der Waals surface area contributed by atoms with Crippen molar-refractivity contribution in [3.8, 4) is 0 Å². The third-order valence-corrected chi connectivity index (χ3v) is 3.61. The van der Waals surface area contributed by atoms with Crippen molar-refractivity contribution in [2.75, 3.05) is 0 Å². The van der Waals surface area contributed by atoms with E-state index in [1.807, 2.05) is 0 Å². The predicted molar refractivity (Wildman–Crippen MR) is 64.8 cm³/mol. The van der Waals surface area contributed by atoms with E-state index in [-0.39, 0.29) is 0 Å². The van der Waals surface area contributed by atoms with Gasteiger partial charge in [0.25, 0.3) is 0 Å². The minimum Gasteiger partial charge on any atom is -0.363 e. The zero-order chi connectivity index (χ0) is 14.5. The summed E-state index contributed by atoms with van der Waals surface area (Å²) < 4.78 is 38.3. The van der Waals surface area contributed by atoms with E-state index < -0.39 is 30.1 Å². The van der Waals surface area contributed by atoms with Crippen LogP contribution in [0.2, 0.25) is 0 Å². The molecule has 2 atom stereocenters. The van der Waals surface area contributed by atoms with Gasteiger partial charge < -0.3 is 15.4 Å². The monoisotopic (exact) mass is 284 g/mol. The Morgan fingerprint density at radius 3 is 2.65 bits per heavy atom. The molecule has 1 aromatic heterocycles. The van der Waals surface area contributed by atoms with E-state index >= 15 is 0 Å². The number of benzene rings is 1. The van der Waals surface area contributed by atoms with Gasteiger partial charge in [0.15, 0.2) is 0 Å². The fourth-order valence-electron chi connectivity index (χ4n) is 2.55. The average molecular weight is 284 g/mol. The van der Waals surface area contributed by atoms with E-state index in [0.29, 0.717) is 10.9 Å². The Kier molecular flexibility index (Phi) is 2.59. The Labute approximate surface area is 111 Å². The molecule has 0 aliphatic carbocycles. The average Bonchev–Trinajstić information content (AvgIpc) is 2.90. The van der Waals surface area contributed by atoms with Crippen LogP contribution in [-0.2, 0) is 4.79 Å². The highest BCUT2D eigenvalue weighted by atomic mass is 19.4. The molecule has 20 heavy (non-hydrogen) atoms. The molecule has 1 amide bonds. The third kappa shape index (κ3) is 1.77. The number of H-pyrrole nitrogens is 1. The maximum absolute atomic E-state index is 12.8. The van der Waals surface area contributed by atoms with Gasteiger partial charge in [0.1, 0.15) is 0 Å². The van der Waals surface area contributed by atoms with Crippen LogP contribution in [0.5, 0.6) is 0 Å². The van der Waals surface area contributed by atoms with Gasteiger partial charge in [-0.25, -0.2) is 0 Å². The zero-order valence-electron chi connectivity index (χ0n) is 10.2. The molecule has 0 spiro atoms. The van der Waals surface area contributed by atoms with Gasteiger partial charge in [0.2, 0.25) is 11.6 Å². The standard InChI is InChI=1S/C13H11F3N2O2/c14-13(15,16)12(20)5-8(11(19)18-12)9-6-17-10-4-2-1-3-7(9)10/h1-4,6,8,17,20H,5H2,(H,18,19)/t8-,12+/m1/s1. The molecule has 2 aromatic rings. The van der Waals surface area contributed by atoms with Crippen molar-refractivity contribution < 1.29 is 23.1 Å². The second kappa shape index (κ2) is 3.99. The van der Waals surface area contributed by atoms with Crippen molar-refractivity contribution in [1.29, 1.82) is 0 Å². The van der Waals surface area contributed by atoms with Crippen LogP contribution in [0.3, 0.4) is 0 Å². The summed E-state index contributed by atoms with van der Waals surface area (Å²) in [5.74, 6) is -1.85. The summed E-state index contributed by atoms with van der Waals surface area (Å²) in [7, 11) is 0. The second-order valence-corrected chi connectivity index (χ2v) is 4.89. The van der Waals surface area contributed by atoms with Crippen LogP contribution in [0.4, 0.5) is 13.2 Å². The Morgan fingerprint density at radius 1 is 1.30 bits per heavy atom. The molecule has 1 fully saturated rings. The summed E-state index contributed by atoms with van der Waals surface area (Å²) in [5, 5.41) is 11.9. The smallest absolute Gasteiger partial charge is 0.363 e. The maximum Gasteiger partial charge on any atom is 0.436 e. The number of aliphatic hydroxyl groups is 1. The number of carbonyl (C=O) groups is 1. The normalized spacial score (nSPS) is 27.0. The van der Waals surface area contributed by atoms with Gasteiger partial charge in [-0.05, 0) is 11.6 Å².